The molecule has 0 fully saturated rings. The number of halogens is 1. The SMILES string of the molecule is O=C(Cc1ccccc1)CS(=O)(=O)c1ccc(Cl)cc1. The summed E-state index contributed by atoms with van der Waals surface area (Å²) in [4.78, 5) is 12.0. The molecule has 2 aromatic rings. The zero-order chi connectivity index (χ0) is 14.6. The van der Waals surface area contributed by atoms with E-state index in [-0.39, 0.29) is 17.1 Å². The van der Waals surface area contributed by atoms with Gasteiger partial charge in [-0.3, -0.25) is 4.79 Å². The fourth-order valence-electron chi connectivity index (χ4n) is 1.81. The first-order valence-electron chi connectivity index (χ1n) is 6.01. The van der Waals surface area contributed by atoms with E-state index in [1.165, 1.54) is 24.3 Å². The number of sulfone groups is 1. The summed E-state index contributed by atoms with van der Waals surface area (Å²) in [6.45, 7) is 0. The molecular weight excluding hydrogens is 296 g/mol. The normalized spacial score (nSPS) is 11.2. The summed E-state index contributed by atoms with van der Waals surface area (Å²) >= 11 is 5.71. The van der Waals surface area contributed by atoms with Gasteiger partial charge < -0.3 is 0 Å². The predicted molar refractivity (Wildman–Crippen MR) is 78.7 cm³/mol. The highest BCUT2D eigenvalue weighted by Gasteiger charge is 2.19. The van der Waals surface area contributed by atoms with E-state index in [2.05, 4.69) is 0 Å². The van der Waals surface area contributed by atoms with Crippen molar-refractivity contribution in [3.8, 4) is 0 Å². The van der Waals surface area contributed by atoms with Crippen LogP contribution in [-0.2, 0) is 21.1 Å². The van der Waals surface area contributed by atoms with Crippen LogP contribution < -0.4 is 0 Å². The van der Waals surface area contributed by atoms with Crippen molar-refractivity contribution >= 4 is 27.2 Å². The Bertz CT molecular complexity index is 692. The highest BCUT2D eigenvalue weighted by atomic mass is 35.5. The lowest BCUT2D eigenvalue weighted by molar-refractivity contribution is -0.116. The third kappa shape index (κ3) is 3.92. The number of rotatable bonds is 5. The molecule has 0 aliphatic heterocycles. The topological polar surface area (TPSA) is 51.2 Å². The van der Waals surface area contributed by atoms with Crippen LogP contribution in [0.15, 0.2) is 59.5 Å². The first-order valence-corrected chi connectivity index (χ1v) is 8.04. The second-order valence-electron chi connectivity index (χ2n) is 4.41. The molecule has 0 spiro atoms. The number of carbonyl (C=O) groups is 1. The molecule has 0 saturated heterocycles. The van der Waals surface area contributed by atoms with Gasteiger partial charge in [0, 0.05) is 11.4 Å². The Morgan fingerprint density at radius 1 is 0.950 bits per heavy atom. The van der Waals surface area contributed by atoms with Gasteiger partial charge in [-0.1, -0.05) is 41.9 Å². The minimum absolute atomic E-state index is 0.114. The fourth-order valence-corrected chi connectivity index (χ4v) is 3.18. The molecule has 0 amide bonds. The summed E-state index contributed by atoms with van der Waals surface area (Å²) in [6, 6.07) is 14.9. The zero-order valence-electron chi connectivity index (χ0n) is 10.6. The fraction of sp³-hybridized carbons (Fsp3) is 0.133. The Balaban J connectivity index is 2.08. The standard InChI is InChI=1S/C15H13ClO3S/c16-13-6-8-15(9-7-13)20(18,19)11-14(17)10-12-4-2-1-3-5-12/h1-9H,10-11H2. The van der Waals surface area contributed by atoms with Crippen molar-refractivity contribution in [1.82, 2.24) is 0 Å². The van der Waals surface area contributed by atoms with Crippen LogP contribution in [0.2, 0.25) is 5.02 Å². The van der Waals surface area contributed by atoms with Crippen LogP contribution in [0.4, 0.5) is 0 Å². The Labute approximate surface area is 123 Å². The molecular formula is C15H13ClO3S. The minimum Gasteiger partial charge on any atom is -0.298 e. The molecule has 104 valence electrons. The van der Waals surface area contributed by atoms with E-state index in [0.717, 1.165) is 5.56 Å². The number of carbonyl (C=O) groups excluding carboxylic acids is 1. The van der Waals surface area contributed by atoms with E-state index < -0.39 is 15.6 Å². The largest absolute Gasteiger partial charge is 0.298 e. The number of hydrogen-bond acceptors (Lipinski definition) is 3. The van der Waals surface area contributed by atoms with Gasteiger partial charge in [0.1, 0.15) is 5.75 Å². The van der Waals surface area contributed by atoms with Crippen LogP contribution in [0.5, 0.6) is 0 Å². The van der Waals surface area contributed by atoms with Crippen molar-refractivity contribution < 1.29 is 13.2 Å². The molecule has 0 atom stereocenters. The number of Topliss-reactive ketones (excluding diaryl/α,β-unsaturated/α-hetero) is 1. The van der Waals surface area contributed by atoms with Gasteiger partial charge in [0.15, 0.2) is 15.6 Å². The molecule has 2 aromatic carbocycles. The number of benzene rings is 2. The smallest absolute Gasteiger partial charge is 0.185 e. The molecule has 0 heterocycles. The Hall–Kier alpha value is -1.65. The van der Waals surface area contributed by atoms with E-state index >= 15 is 0 Å². The van der Waals surface area contributed by atoms with Gasteiger partial charge in [-0.2, -0.15) is 0 Å². The summed E-state index contributed by atoms with van der Waals surface area (Å²) in [7, 11) is -3.60. The van der Waals surface area contributed by atoms with Crippen molar-refractivity contribution in [2.45, 2.75) is 11.3 Å². The van der Waals surface area contributed by atoms with E-state index in [4.69, 9.17) is 11.6 Å². The highest BCUT2D eigenvalue weighted by molar-refractivity contribution is 7.92. The van der Waals surface area contributed by atoms with Gasteiger partial charge in [0.25, 0.3) is 0 Å². The molecule has 0 radical (unpaired) electrons. The first kappa shape index (κ1) is 14.8. The number of ketones is 1. The molecule has 20 heavy (non-hydrogen) atoms. The molecule has 0 N–H and O–H groups in total. The lowest BCUT2D eigenvalue weighted by Crippen LogP contribution is -2.18. The molecule has 0 aliphatic rings. The monoisotopic (exact) mass is 308 g/mol. The third-order valence-electron chi connectivity index (χ3n) is 2.77. The molecule has 2 rings (SSSR count). The molecule has 0 saturated carbocycles. The lowest BCUT2D eigenvalue weighted by atomic mass is 10.1. The first-order chi connectivity index (χ1) is 9.47. The minimum atomic E-state index is -3.60. The molecule has 0 bridgehead atoms. The molecule has 5 heteroatoms. The van der Waals surface area contributed by atoms with E-state index in [1.54, 1.807) is 12.1 Å². The van der Waals surface area contributed by atoms with Crippen molar-refractivity contribution in [3.05, 3.63) is 65.2 Å². The second kappa shape index (κ2) is 6.20. The quantitative estimate of drug-likeness (QED) is 0.853. The molecule has 0 aliphatic carbocycles. The Morgan fingerprint density at radius 3 is 2.15 bits per heavy atom. The summed E-state index contributed by atoms with van der Waals surface area (Å²) in [5.74, 6) is -0.824. The maximum atomic E-state index is 12.1. The zero-order valence-corrected chi connectivity index (χ0v) is 12.2. The predicted octanol–water partition coefficient (Wildman–Crippen LogP) is 2.93. The van der Waals surface area contributed by atoms with Crippen LogP contribution in [0.25, 0.3) is 0 Å². The maximum absolute atomic E-state index is 12.1. The summed E-state index contributed by atoms with van der Waals surface area (Å²) in [6.07, 6.45) is 0.119. The van der Waals surface area contributed by atoms with Gasteiger partial charge in [-0.05, 0) is 29.8 Å². The van der Waals surface area contributed by atoms with Crippen LogP contribution in [0.1, 0.15) is 5.56 Å². The number of hydrogen-bond donors (Lipinski definition) is 0. The molecule has 0 unspecified atom stereocenters. The van der Waals surface area contributed by atoms with Crippen LogP contribution in [-0.4, -0.2) is 20.0 Å². The van der Waals surface area contributed by atoms with Crippen molar-refractivity contribution in [2.75, 3.05) is 5.75 Å². The van der Waals surface area contributed by atoms with Gasteiger partial charge in [0.2, 0.25) is 0 Å². The van der Waals surface area contributed by atoms with Crippen molar-refractivity contribution in [3.63, 3.8) is 0 Å². The lowest BCUT2D eigenvalue weighted by Gasteiger charge is -2.04. The van der Waals surface area contributed by atoms with E-state index in [9.17, 15) is 13.2 Å². The van der Waals surface area contributed by atoms with Crippen LogP contribution in [0.3, 0.4) is 0 Å². The van der Waals surface area contributed by atoms with E-state index in [0.29, 0.717) is 5.02 Å². The second-order valence-corrected chi connectivity index (χ2v) is 6.84. The average Bonchev–Trinajstić information content (AvgIpc) is 2.39. The summed E-state index contributed by atoms with van der Waals surface area (Å²) < 4.78 is 24.2. The van der Waals surface area contributed by atoms with Crippen molar-refractivity contribution in [2.24, 2.45) is 0 Å². The van der Waals surface area contributed by atoms with Crippen LogP contribution in [0, 0.1) is 0 Å². The third-order valence-corrected chi connectivity index (χ3v) is 4.71. The summed E-state index contributed by atoms with van der Waals surface area (Å²) in [5, 5.41) is 0.458. The Kier molecular flexibility index (Phi) is 4.57. The highest BCUT2D eigenvalue weighted by Crippen LogP contribution is 2.16. The van der Waals surface area contributed by atoms with Gasteiger partial charge in [0.05, 0.1) is 4.90 Å². The van der Waals surface area contributed by atoms with Crippen molar-refractivity contribution in [1.29, 1.82) is 0 Å². The van der Waals surface area contributed by atoms with Gasteiger partial charge in [-0.15, -0.1) is 0 Å². The Morgan fingerprint density at radius 2 is 1.55 bits per heavy atom. The maximum Gasteiger partial charge on any atom is 0.185 e. The average molecular weight is 309 g/mol. The van der Waals surface area contributed by atoms with Gasteiger partial charge >= 0.3 is 0 Å². The molecule has 0 aromatic heterocycles. The van der Waals surface area contributed by atoms with Crippen LogP contribution >= 0.6 is 11.6 Å². The summed E-state index contributed by atoms with van der Waals surface area (Å²) in [5.41, 5.74) is 0.809. The van der Waals surface area contributed by atoms with E-state index in [1.807, 2.05) is 18.2 Å². The molecule has 3 nitrogen and oxygen atoms in total. The van der Waals surface area contributed by atoms with Gasteiger partial charge in [-0.25, -0.2) is 8.42 Å².